The molecule has 1 heterocycles. The molecule has 4 rings (SSSR count). The number of fused-ring (bicyclic) bond motifs is 1. The van der Waals surface area contributed by atoms with Gasteiger partial charge in [0.15, 0.2) is 0 Å². The number of anilines is 2. The number of benzene rings is 2. The van der Waals surface area contributed by atoms with E-state index in [0.29, 0.717) is 17.6 Å². The van der Waals surface area contributed by atoms with E-state index in [-0.39, 0.29) is 24.9 Å². The van der Waals surface area contributed by atoms with Crippen molar-refractivity contribution in [2.75, 3.05) is 23.3 Å². The Bertz CT molecular complexity index is 802. The summed E-state index contributed by atoms with van der Waals surface area (Å²) in [7, 11) is 0. The number of nitrogens with one attached hydrogen (secondary N) is 2. The molecule has 5 heteroatoms. The minimum absolute atomic E-state index is 0.0639. The molecular formula is C21H23N3O2. The molecule has 5 nitrogen and oxygen atoms in total. The average molecular weight is 349 g/mol. The van der Waals surface area contributed by atoms with Gasteiger partial charge in [-0.3, -0.25) is 14.5 Å². The van der Waals surface area contributed by atoms with Crippen molar-refractivity contribution in [2.24, 2.45) is 5.92 Å². The second-order valence-electron chi connectivity index (χ2n) is 7.06. The minimum atomic E-state index is -0.153. The maximum Gasteiger partial charge on any atom is 0.244 e. The number of carbonyl (C=O) groups excluding carboxylic acids is 2. The molecule has 2 N–H and O–H groups in total. The van der Waals surface area contributed by atoms with Crippen LogP contribution in [0.4, 0.5) is 11.4 Å². The molecule has 0 spiro atoms. The Morgan fingerprint density at radius 2 is 1.85 bits per heavy atom. The SMILES string of the molecule is O=C1CN(C(=O)CN[C@@H](Cc2ccccc2)C2CC2)c2ccccc2N1. The van der Waals surface area contributed by atoms with E-state index in [9.17, 15) is 9.59 Å². The molecule has 2 aromatic rings. The van der Waals surface area contributed by atoms with Crippen LogP contribution in [0.2, 0.25) is 0 Å². The smallest absolute Gasteiger partial charge is 0.244 e. The van der Waals surface area contributed by atoms with Crippen molar-refractivity contribution >= 4 is 23.2 Å². The molecule has 1 saturated carbocycles. The van der Waals surface area contributed by atoms with Crippen molar-refractivity contribution < 1.29 is 9.59 Å². The molecule has 1 aliphatic heterocycles. The van der Waals surface area contributed by atoms with E-state index in [0.717, 1.165) is 12.1 Å². The molecular weight excluding hydrogens is 326 g/mol. The zero-order valence-corrected chi connectivity index (χ0v) is 14.7. The molecule has 1 fully saturated rings. The van der Waals surface area contributed by atoms with E-state index in [1.807, 2.05) is 42.5 Å². The zero-order valence-electron chi connectivity index (χ0n) is 14.7. The van der Waals surface area contributed by atoms with Crippen LogP contribution in [0.15, 0.2) is 54.6 Å². The van der Waals surface area contributed by atoms with Crippen molar-refractivity contribution in [3.05, 3.63) is 60.2 Å². The maximum absolute atomic E-state index is 12.8. The molecule has 134 valence electrons. The normalized spacial score (nSPS) is 17.4. The summed E-state index contributed by atoms with van der Waals surface area (Å²) in [5.41, 5.74) is 2.75. The fourth-order valence-corrected chi connectivity index (χ4v) is 3.54. The van der Waals surface area contributed by atoms with Crippen molar-refractivity contribution in [1.29, 1.82) is 0 Å². The summed E-state index contributed by atoms with van der Waals surface area (Å²) in [6.45, 7) is 0.319. The molecule has 1 atom stereocenters. The third-order valence-electron chi connectivity index (χ3n) is 5.08. The van der Waals surface area contributed by atoms with Gasteiger partial charge in [-0.05, 0) is 42.9 Å². The van der Waals surface area contributed by atoms with Crippen LogP contribution < -0.4 is 15.5 Å². The molecule has 26 heavy (non-hydrogen) atoms. The van der Waals surface area contributed by atoms with Gasteiger partial charge in [0.05, 0.1) is 17.9 Å². The highest BCUT2D eigenvalue weighted by molar-refractivity contribution is 6.10. The standard InChI is InChI=1S/C21H23N3O2/c25-20-14-24(19-9-5-4-8-17(19)23-20)21(26)13-22-18(16-10-11-16)12-15-6-2-1-3-7-15/h1-9,16,18,22H,10-14H2,(H,23,25)/t18-/m0/s1. The number of rotatable bonds is 6. The Morgan fingerprint density at radius 3 is 2.62 bits per heavy atom. The highest BCUT2D eigenvalue weighted by Crippen LogP contribution is 2.34. The Kier molecular flexibility index (Phi) is 4.71. The summed E-state index contributed by atoms with van der Waals surface area (Å²) >= 11 is 0. The Hall–Kier alpha value is -2.66. The largest absolute Gasteiger partial charge is 0.323 e. The van der Waals surface area contributed by atoms with E-state index in [1.165, 1.54) is 18.4 Å². The van der Waals surface area contributed by atoms with Crippen molar-refractivity contribution in [3.8, 4) is 0 Å². The lowest BCUT2D eigenvalue weighted by Crippen LogP contribution is -2.48. The van der Waals surface area contributed by atoms with Gasteiger partial charge in [-0.15, -0.1) is 0 Å². The van der Waals surface area contributed by atoms with Crippen LogP contribution in [0.5, 0.6) is 0 Å². The van der Waals surface area contributed by atoms with Gasteiger partial charge in [-0.2, -0.15) is 0 Å². The van der Waals surface area contributed by atoms with Crippen LogP contribution in [0.3, 0.4) is 0 Å². The van der Waals surface area contributed by atoms with Crippen LogP contribution >= 0.6 is 0 Å². The van der Waals surface area contributed by atoms with Crippen LogP contribution in [0, 0.1) is 5.92 Å². The van der Waals surface area contributed by atoms with Crippen LogP contribution in [0.1, 0.15) is 18.4 Å². The van der Waals surface area contributed by atoms with Crippen LogP contribution in [-0.2, 0) is 16.0 Å². The first-order chi connectivity index (χ1) is 12.7. The highest BCUT2D eigenvalue weighted by atomic mass is 16.2. The summed E-state index contributed by atoms with van der Waals surface area (Å²) in [4.78, 5) is 26.3. The molecule has 0 aromatic heterocycles. The van der Waals surface area contributed by atoms with Crippen molar-refractivity contribution in [1.82, 2.24) is 5.32 Å². The lowest BCUT2D eigenvalue weighted by molar-refractivity contribution is -0.121. The minimum Gasteiger partial charge on any atom is -0.323 e. The molecule has 0 saturated heterocycles. The summed E-state index contributed by atoms with van der Waals surface area (Å²) in [5, 5.41) is 6.27. The van der Waals surface area contributed by atoms with Gasteiger partial charge in [0.2, 0.25) is 11.8 Å². The third kappa shape index (κ3) is 3.78. The highest BCUT2D eigenvalue weighted by Gasteiger charge is 2.32. The predicted molar refractivity (Wildman–Crippen MR) is 102 cm³/mol. The number of nitrogens with zero attached hydrogens (tertiary/aromatic N) is 1. The quantitative estimate of drug-likeness (QED) is 0.843. The predicted octanol–water partition coefficient (Wildman–Crippen LogP) is 2.58. The van der Waals surface area contributed by atoms with Crippen molar-refractivity contribution in [3.63, 3.8) is 0 Å². The molecule has 1 aliphatic carbocycles. The maximum atomic E-state index is 12.8. The molecule has 0 radical (unpaired) electrons. The Morgan fingerprint density at radius 1 is 1.12 bits per heavy atom. The van der Waals surface area contributed by atoms with Gasteiger partial charge in [0.1, 0.15) is 6.54 Å². The van der Waals surface area contributed by atoms with Crippen LogP contribution in [0.25, 0.3) is 0 Å². The zero-order chi connectivity index (χ0) is 17.9. The molecule has 0 unspecified atom stereocenters. The van der Waals surface area contributed by atoms with Gasteiger partial charge < -0.3 is 10.6 Å². The van der Waals surface area contributed by atoms with E-state index < -0.39 is 0 Å². The first-order valence-electron chi connectivity index (χ1n) is 9.17. The topological polar surface area (TPSA) is 61.4 Å². The van der Waals surface area contributed by atoms with Gasteiger partial charge in [-0.1, -0.05) is 42.5 Å². The van der Waals surface area contributed by atoms with Crippen molar-refractivity contribution in [2.45, 2.75) is 25.3 Å². The Balaban J connectivity index is 1.42. The third-order valence-corrected chi connectivity index (χ3v) is 5.08. The Labute approximate surface area is 153 Å². The lowest BCUT2D eigenvalue weighted by Gasteiger charge is -2.30. The number of para-hydroxylation sites is 2. The van der Waals surface area contributed by atoms with Gasteiger partial charge >= 0.3 is 0 Å². The monoisotopic (exact) mass is 349 g/mol. The summed E-state index contributed by atoms with van der Waals surface area (Å²) in [6, 6.07) is 18.1. The number of hydrogen-bond acceptors (Lipinski definition) is 3. The van der Waals surface area contributed by atoms with E-state index >= 15 is 0 Å². The summed E-state index contributed by atoms with van der Waals surface area (Å²) < 4.78 is 0. The van der Waals surface area contributed by atoms with E-state index in [4.69, 9.17) is 0 Å². The second-order valence-corrected chi connectivity index (χ2v) is 7.06. The number of amides is 2. The van der Waals surface area contributed by atoms with Gasteiger partial charge in [0.25, 0.3) is 0 Å². The van der Waals surface area contributed by atoms with Gasteiger partial charge in [-0.25, -0.2) is 0 Å². The lowest BCUT2D eigenvalue weighted by atomic mass is 10.0. The average Bonchev–Trinajstić information content (AvgIpc) is 3.50. The first-order valence-corrected chi connectivity index (χ1v) is 9.17. The molecule has 2 amide bonds. The summed E-state index contributed by atoms with van der Waals surface area (Å²) in [5.74, 6) is 0.422. The van der Waals surface area contributed by atoms with Crippen LogP contribution in [-0.4, -0.2) is 30.9 Å². The summed E-state index contributed by atoms with van der Waals surface area (Å²) in [6.07, 6.45) is 3.36. The fourth-order valence-electron chi connectivity index (χ4n) is 3.54. The van der Waals surface area contributed by atoms with E-state index in [1.54, 1.807) is 4.90 Å². The fraction of sp³-hybridized carbons (Fsp3) is 0.333. The van der Waals surface area contributed by atoms with E-state index in [2.05, 4.69) is 22.8 Å². The molecule has 2 aromatic carbocycles. The number of carbonyl (C=O) groups is 2. The molecule has 2 aliphatic rings. The number of hydrogen-bond donors (Lipinski definition) is 2. The first kappa shape index (κ1) is 16.8. The van der Waals surface area contributed by atoms with Gasteiger partial charge in [0, 0.05) is 6.04 Å². The second kappa shape index (κ2) is 7.30. The molecule has 0 bridgehead atoms.